The lowest BCUT2D eigenvalue weighted by molar-refractivity contribution is -0.167. The molecule has 0 aromatic rings. The number of rotatable bonds is 6. The van der Waals surface area contributed by atoms with Gasteiger partial charge in [-0.25, -0.2) is 0 Å². The predicted molar refractivity (Wildman–Crippen MR) is 142 cm³/mol. The van der Waals surface area contributed by atoms with E-state index >= 15 is 0 Å². The largest absolute Gasteiger partial charge is 0.462 e. The van der Waals surface area contributed by atoms with E-state index in [0.717, 1.165) is 24.2 Å². The molecule has 0 bridgehead atoms. The Balaban J connectivity index is 1.61. The van der Waals surface area contributed by atoms with Crippen molar-refractivity contribution < 1.29 is 9.53 Å². The first kappa shape index (κ1) is 26.3. The third-order valence-corrected chi connectivity index (χ3v) is 12.2. The van der Waals surface area contributed by atoms with Gasteiger partial charge in [-0.3, -0.25) is 4.79 Å². The van der Waals surface area contributed by atoms with Gasteiger partial charge in [0.1, 0.15) is 6.10 Å². The Kier molecular flexibility index (Phi) is 6.92. The number of ether oxygens (including phenoxy) is 1. The smallest absolute Gasteiger partial charge is 0.302 e. The first-order chi connectivity index (χ1) is 15.8. The highest BCUT2D eigenvalue weighted by Gasteiger charge is 2.63. The molecule has 194 valence electrons. The predicted octanol–water partition coefficient (Wildman–Crippen LogP) is 9.13. The van der Waals surface area contributed by atoms with Gasteiger partial charge in [0.05, 0.1) is 0 Å². The molecule has 2 saturated carbocycles. The molecule has 0 saturated heterocycles. The average Bonchev–Trinajstić information content (AvgIpc) is 3.01. The van der Waals surface area contributed by atoms with Crippen molar-refractivity contribution in [3.8, 4) is 0 Å². The summed E-state index contributed by atoms with van der Waals surface area (Å²) >= 11 is 0. The van der Waals surface area contributed by atoms with Crippen LogP contribution in [-0.4, -0.2) is 12.1 Å². The van der Waals surface area contributed by atoms with Gasteiger partial charge in [-0.05, 0) is 91.3 Å². The van der Waals surface area contributed by atoms with Crippen LogP contribution in [-0.2, 0) is 9.53 Å². The molecule has 0 spiro atoms. The molecule has 7 atom stereocenters. The second-order valence-corrected chi connectivity index (χ2v) is 14.6. The second kappa shape index (κ2) is 8.95. The summed E-state index contributed by atoms with van der Waals surface area (Å²) in [6.07, 6.45) is 14.5. The van der Waals surface area contributed by atoms with E-state index in [9.17, 15) is 4.79 Å². The maximum absolute atomic E-state index is 11.8. The van der Waals surface area contributed by atoms with Crippen molar-refractivity contribution in [1.82, 2.24) is 0 Å². The summed E-state index contributed by atoms with van der Waals surface area (Å²) < 4.78 is 5.87. The molecule has 0 aromatic heterocycles. The molecule has 34 heavy (non-hydrogen) atoms. The molecule has 0 aromatic carbocycles. The van der Waals surface area contributed by atoms with Crippen molar-refractivity contribution in [2.45, 2.75) is 139 Å². The molecule has 4 aliphatic carbocycles. The molecular weight excluding hydrogens is 416 g/mol. The molecule has 0 aliphatic heterocycles. The van der Waals surface area contributed by atoms with E-state index in [1.807, 2.05) is 11.1 Å². The summed E-state index contributed by atoms with van der Waals surface area (Å²) in [6.45, 7) is 21.6. The number of hydrogen-bond donors (Lipinski definition) is 0. The van der Waals surface area contributed by atoms with Crippen molar-refractivity contribution in [1.29, 1.82) is 0 Å². The molecule has 2 nitrogen and oxygen atoms in total. The topological polar surface area (TPSA) is 26.3 Å². The van der Waals surface area contributed by atoms with Crippen molar-refractivity contribution in [3.05, 3.63) is 11.1 Å². The number of esters is 1. The summed E-state index contributed by atoms with van der Waals surface area (Å²) in [7, 11) is 0. The van der Waals surface area contributed by atoms with Gasteiger partial charge in [0.2, 0.25) is 0 Å². The fourth-order valence-electron chi connectivity index (χ4n) is 10.1. The number of allylic oxidation sites excluding steroid dienone is 2. The first-order valence-electron chi connectivity index (χ1n) is 14.7. The van der Waals surface area contributed by atoms with Crippen LogP contribution in [0.2, 0.25) is 0 Å². The van der Waals surface area contributed by atoms with E-state index in [1.54, 1.807) is 6.92 Å². The van der Waals surface area contributed by atoms with Gasteiger partial charge in [-0.1, -0.05) is 85.8 Å². The van der Waals surface area contributed by atoms with Gasteiger partial charge in [-0.15, -0.1) is 0 Å². The summed E-state index contributed by atoms with van der Waals surface area (Å²) in [4.78, 5) is 11.8. The number of fused-ring (bicyclic) bond motifs is 4. The van der Waals surface area contributed by atoms with Crippen LogP contribution in [0.25, 0.3) is 0 Å². The zero-order chi connectivity index (χ0) is 25.1. The summed E-state index contributed by atoms with van der Waals surface area (Å²) in [5.41, 5.74) is 4.87. The van der Waals surface area contributed by atoms with Crippen LogP contribution in [0.4, 0.5) is 0 Å². The van der Waals surface area contributed by atoms with E-state index in [1.165, 1.54) is 64.2 Å². The van der Waals surface area contributed by atoms with Gasteiger partial charge < -0.3 is 4.74 Å². The lowest BCUT2D eigenvalue weighted by atomic mass is 9.43. The van der Waals surface area contributed by atoms with Crippen LogP contribution in [0.15, 0.2) is 11.1 Å². The summed E-state index contributed by atoms with van der Waals surface area (Å²) in [5.74, 6) is 3.04. The molecular formula is C32H54O2. The lowest BCUT2D eigenvalue weighted by Gasteiger charge is -2.62. The number of carbonyl (C=O) groups excluding carboxylic acids is 1. The Morgan fingerprint density at radius 2 is 1.62 bits per heavy atom. The molecule has 4 rings (SSSR count). The highest BCUT2D eigenvalue weighted by Crippen LogP contribution is 2.72. The number of hydrogen-bond acceptors (Lipinski definition) is 2. The van der Waals surface area contributed by atoms with Gasteiger partial charge in [0.15, 0.2) is 0 Å². The van der Waals surface area contributed by atoms with Gasteiger partial charge in [-0.2, -0.15) is 0 Å². The van der Waals surface area contributed by atoms with Crippen molar-refractivity contribution in [2.75, 3.05) is 0 Å². The molecule has 0 heterocycles. The van der Waals surface area contributed by atoms with Gasteiger partial charge in [0, 0.05) is 12.3 Å². The Morgan fingerprint density at radius 1 is 0.912 bits per heavy atom. The SMILES string of the molecule is CC(=O)O[C@H]1CC[C@]2(C)C3=C(CCC2C1(C)C)[C@]1(C)CCC([C@H](C)CCCC(C)C)[C@@]1(C)CC3. The minimum absolute atomic E-state index is 0.0436. The third-order valence-electron chi connectivity index (χ3n) is 12.2. The van der Waals surface area contributed by atoms with Crippen molar-refractivity contribution in [3.63, 3.8) is 0 Å². The van der Waals surface area contributed by atoms with E-state index < -0.39 is 0 Å². The molecule has 2 heteroatoms. The summed E-state index contributed by atoms with van der Waals surface area (Å²) in [6, 6.07) is 0. The molecule has 2 fully saturated rings. The fraction of sp³-hybridized carbons (Fsp3) is 0.906. The molecule has 2 unspecified atom stereocenters. The van der Waals surface area contributed by atoms with Gasteiger partial charge in [0.25, 0.3) is 0 Å². The molecule has 0 radical (unpaired) electrons. The maximum Gasteiger partial charge on any atom is 0.302 e. The Hall–Kier alpha value is -0.790. The van der Waals surface area contributed by atoms with Crippen LogP contribution in [0.1, 0.15) is 133 Å². The van der Waals surface area contributed by atoms with E-state index in [4.69, 9.17) is 4.74 Å². The Morgan fingerprint density at radius 3 is 2.26 bits per heavy atom. The normalized spacial score (nSPS) is 42.1. The minimum atomic E-state index is -0.113. The van der Waals surface area contributed by atoms with Crippen LogP contribution in [0.3, 0.4) is 0 Å². The minimum Gasteiger partial charge on any atom is -0.462 e. The Bertz CT molecular complexity index is 821. The Labute approximate surface area is 211 Å². The van der Waals surface area contributed by atoms with Gasteiger partial charge >= 0.3 is 5.97 Å². The molecule has 0 amide bonds. The molecule has 4 aliphatic rings. The quantitative estimate of drug-likeness (QED) is 0.286. The van der Waals surface area contributed by atoms with E-state index in [2.05, 4.69) is 55.4 Å². The third kappa shape index (κ3) is 3.92. The average molecular weight is 471 g/mol. The van der Waals surface area contributed by atoms with E-state index in [0.29, 0.717) is 16.7 Å². The zero-order valence-electron chi connectivity index (χ0n) is 24.0. The lowest BCUT2D eigenvalue weighted by Crippen LogP contribution is -2.55. The van der Waals surface area contributed by atoms with Crippen LogP contribution in [0.5, 0.6) is 0 Å². The maximum atomic E-state index is 11.8. The van der Waals surface area contributed by atoms with Crippen LogP contribution >= 0.6 is 0 Å². The highest BCUT2D eigenvalue weighted by molar-refractivity contribution is 5.66. The van der Waals surface area contributed by atoms with Crippen LogP contribution in [0, 0.1) is 45.3 Å². The monoisotopic (exact) mass is 470 g/mol. The van der Waals surface area contributed by atoms with E-state index in [-0.39, 0.29) is 22.9 Å². The zero-order valence-corrected chi connectivity index (χ0v) is 24.0. The second-order valence-electron chi connectivity index (χ2n) is 14.6. The standard InChI is InChI=1S/C32H54O2/c1-21(2)11-10-12-22(3)24-15-19-32(9)26-13-14-27-29(5,6)28(34-23(4)33)17-18-30(27,7)25(26)16-20-31(24,32)8/h21-22,24,27-28H,10-20H2,1-9H3/t22-,24?,27?,28+,30-,31-,32+/m1/s1. The van der Waals surface area contributed by atoms with Crippen molar-refractivity contribution >= 4 is 5.97 Å². The van der Waals surface area contributed by atoms with Crippen molar-refractivity contribution in [2.24, 2.45) is 45.3 Å². The molecule has 0 N–H and O–H groups in total. The summed E-state index contributed by atoms with van der Waals surface area (Å²) in [5, 5.41) is 0. The fourth-order valence-corrected chi connectivity index (χ4v) is 10.1. The first-order valence-corrected chi connectivity index (χ1v) is 14.7. The number of carbonyl (C=O) groups is 1. The van der Waals surface area contributed by atoms with Crippen LogP contribution < -0.4 is 0 Å². The highest BCUT2D eigenvalue weighted by atomic mass is 16.5.